The lowest BCUT2D eigenvalue weighted by molar-refractivity contribution is -0.131. The molecule has 1 aromatic carbocycles. The fourth-order valence-corrected chi connectivity index (χ4v) is 1.60. The van der Waals surface area contributed by atoms with Gasteiger partial charge in [-0.2, -0.15) is 4.83 Å². The van der Waals surface area contributed by atoms with Gasteiger partial charge in [0.05, 0.1) is 0 Å². The highest BCUT2D eigenvalue weighted by Crippen LogP contribution is 2.23. The maximum absolute atomic E-state index is 11.3. The number of hydrogen-bond acceptors (Lipinski definition) is 6. The van der Waals surface area contributed by atoms with Gasteiger partial charge in [0.2, 0.25) is 0 Å². The molecule has 0 aromatic heterocycles. The third-order valence-corrected chi connectivity index (χ3v) is 2.40. The van der Waals surface area contributed by atoms with Crippen LogP contribution in [0.15, 0.2) is 24.3 Å². The lowest BCUT2D eigenvalue weighted by Gasteiger charge is -2.16. The normalized spacial score (nSPS) is 10.7. The van der Waals surface area contributed by atoms with Crippen molar-refractivity contribution in [3.8, 4) is 5.75 Å². The molecule has 0 heterocycles. The van der Waals surface area contributed by atoms with Crippen molar-refractivity contribution in [1.29, 1.82) is 0 Å². The van der Waals surface area contributed by atoms with E-state index in [1.807, 2.05) is 20.8 Å². The van der Waals surface area contributed by atoms with E-state index in [1.165, 1.54) is 6.92 Å². The summed E-state index contributed by atoms with van der Waals surface area (Å²) in [7, 11) is 0. The minimum atomic E-state index is -0.620. The molecule has 0 saturated heterocycles. The number of thiol groups is 1. The van der Waals surface area contributed by atoms with Crippen molar-refractivity contribution in [3.05, 3.63) is 29.8 Å². The zero-order chi connectivity index (χ0) is 16.3. The maximum atomic E-state index is 11.3. The quantitative estimate of drug-likeness (QED) is 0.337. The molecular formula is C14H22N2O4S. The number of esters is 1. The second kappa shape index (κ2) is 11.0. The van der Waals surface area contributed by atoms with Crippen molar-refractivity contribution >= 4 is 24.9 Å². The second-order valence-corrected chi connectivity index (χ2v) is 3.93. The molecule has 1 amide bonds. The van der Waals surface area contributed by atoms with Crippen LogP contribution in [0.1, 0.15) is 45.8 Å². The van der Waals surface area contributed by atoms with Crippen LogP contribution in [0.4, 0.5) is 4.79 Å². The predicted octanol–water partition coefficient (Wildman–Crippen LogP) is 3.16. The minimum absolute atomic E-state index is 0.379. The fourth-order valence-electron chi connectivity index (χ4n) is 1.51. The topological polar surface area (TPSA) is 76.7 Å². The van der Waals surface area contributed by atoms with Crippen LogP contribution in [0.3, 0.4) is 0 Å². The molecule has 2 N–H and O–H groups in total. The molecule has 7 heteroatoms. The average molecular weight is 314 g/mol. The number of nitrogens with one attached hydrogen (secondary N) is 2. The summed E-state index contributed by atoms with van der Waals surface area (Å²) in [6, 6.07) is 6.79. The van der Waals surface area contributed by atoms with Gasteiger partial charge in [-0.15, -0.1) is 0 Å². The zero-order valence-electron chi connectivity index (χ0n) is 12.7. The van der Waals surface area contributed by atoms with E-state index >= 15 is 0 Å². The Morgan fingerprint density at radius 2 is 1.81 bits per heavy atom. The van der Waals surface area contributed by atoms with Crippen LogP contribution in [0.25, 0.3) is 0 Å². The first-order valence-corrected chi connectivity index (χ1v) is 7.15. The summed E-state index contributed by atoms with van der Waals surface area (Å²) in [6.07, 6.45) is -0.383. The smallest absolute Gasteiger partial charge is 0.422 e. The fraction of sp³-hybridized carbons (Fsp3) is 0.429. The van der Waals surface area contributed by atoms with E-state index in [9.17, 15) is 9.59 Å². The first-order valence-electron chi connectivity index (χ1n) is 6.71. The molecule has 0 aliphatic heterocycles. The second-order valence-electron chi connectivity index (χ2n) is 3.70. The summed E-state index contributed by atoms with van der Waals surface area (Å²) in [5, 5.41) is 0. The summed E-state index contributed by atoms with van der Waals surface area (Å²) >= 11 is 3.63. The van der Waals surface area contributed by atoms with Crippen molar-refractivity contribution in [3.63, 3.8) is 0 Å². The molecule has 0 aliphatic carbocycles. The average Bonchev–Trinajstić information content (AvgIpc) is 2.47. The standard InChI is InChI=1S/C12H16N2O4S.C2H6/c1-3-11(18-12(16)13-14-19)9-4-6-10(7-5-9)17-8(2)15;1-2/h4-7,11,14,19H,3H2,1-2H3,(H,13,16);1-2H3. The maximum Gasteiger partial charge on any atom is 0.422 e. The first-order chi connectivity index (χ1) is 10.1. The molecule has 0 aliphatic rings. The van der Waals surface area contributed by atoms with Gasteiger partial charge in [0.15, 0.2) is 0 Å². The molecule has 1 aromatic rings. The van der Waals surface area contributed by atoms with Crippen LogP contribution in [-0.2, 0) is 9.53 Å². The van der Waals surface area contributed by atoms with Crippen LogP contribution in [0.5, 0.6) is 5.75 Å². The molecule has 21 heavy (non-hydrogen) atoms. The molecule has 118 valence electrons. The molecule has 0 bridgehead atoms. The van der Waals surface area contributed by atoms with Gasteiger partial charge in [-0.25, -0.2) is 10.2 Å². The Morgan fingerprint density at radius 3 is 2.24 bits per heavy atom. The molecule has 0 spiro atoms. The third kappa shape index (κ3) is 7.57. The van der Waals surface area contributed by atoms with Crippen LogP contribution < -0.4 is 15.0 Å². The van der Waals surface area contributed by atoms with Crippen molar-refractivity contribution in [2.75, 3.05) is 0 Å². The lowest BCUT2D eigenvalue weighted by Crippen LogP contribution is -2.32. The van der Waals surface area contributed by atoms with Gasteiger partial charge in [-0.1, -0.05) is 45.7 Å². The van der Waals surface area contributed by atoms with E-state index in [-0.39, 0.29) is 12.1 Å². The molecule has 0 saturated carbocycles. The number of hydrazine groups is 1. The molecule has 1 unspecified atom stereocenters. The summed E-state index contributed by atoms with van der Waals surface area (Å²) in [5.74, 6) is 0.0721. The van der Waals surface area contributed by atoms with E-state index in [0.29, 0.717) is 12.2 Å². The monoisotopic (exact) mass is 314 g/mol. The number of rotatable bonds is 5. The summed E-state index contributed by atoms with van der Waals surface area (Å²) in [6.45, 7) is 7.23. The van der Waals surface area contributed by atoms with E-state index in [2.05, 4.69) is 23.1 Å². The Morgan fingerprint density at radius 1 is 1.24 bits per heavy atom. The predicted molar refractivity (Wildman–Crippen MR) is 83.9 cm³/mol. The molecule has 1 rings (SSSR count). The van der Waals surface area contributed by atoms with Crippen molar-refractivity contribution < 1.29 is 19.1 Å². The molecule has 0 radical (unpaired) electrons. The highest BCUT2D eigenvalue weighted by atomic mass is 32.1. The summed E-state index contributed by atoms with van der Waals surface area (Å²) in [5.41, 5.74) is 3.01. The van der Waals surface area contributed by atoms with E-state index < -0.39 is 6.09 Å². The number of carbonyl (C=O) groups is 2. The van der Waals surface area contributed by atoms with E-state index in [0.717, 1.165) is 5.56 Å². The van der Waals surface area contributed by atoms with E-state index in [4.69, 9.17) is 9.47 Å². The van der Waals surface area contributed by atoms with Crippen molar-refractivity contribution in [2.45, 2.75) is 40.2 Å². The van der Waals surface area contributed by atoms with Gasteiger partial charge in [0.25, 0.3) is 0 Å². The number of amides is 1. The summed E-state index contributed by atoms with van der Waals surface area (Å²) in [4.78, 5) is 24.3. The van der Waals surface area contributed by atoms with E-state index in [1.54, 1.807) is 24.3 Å². The number of hydrogen-bond donors (Lipinski definition) is 3. The Labute approximate surface area is 130 Å². The molecule has 6 nitrogen and oxygen atoms in total. The minimum Gasteiger partial charge on any atom is -0.440 e. The van der Waals surface area contributed by atoms with Gasteiger partial charge >= 0.3 is 12.1 Å². The zero-order valence-corrected chi connectivity index (χ0v) is 13.6. The van der Waals surface area contributed by atoms with Crippen LogP contribution in [0, 0.1) is 0 Å². The van der Waals surface area contributed by atoms with Gasteiger partial charge in [0, 0.05) is 6.92 Å². The van der Waals surface area contributed by atoms with Crippen LogP contribution >= 0.6 is 12.8 Å². The number of benzene rings is 1. The third-order valence-electron chi connectivity index (χ3n) is 2.29. The van der Waals surface area contributed by atoms with Crippen LogP contribution in [-0.4, -0.2) is 12.1 Å². The van der Waals surface area contributed by atoms with Gasteiger partial charge in [-0.3, -0.25) is 4.79 Å². The highest BCUT2D eigenvalue weighted by molar-refractivity contribution is 7.78. The largest absolute Gasteiger partial charge is 0.440 e. The van der Waals surface area contributed by atoms with Gasteiger partial charge in [0.1, 0.15) is 11.9 Å². The molecule has 1 atom stereocenters. The summed E-state index contributed by atoms with van der Waals surface area (Å²) < 4.78 is 10.1. The van der Waals surface area contributed by atoms with Crippen molar-refractivity contribution in [1.82, 2.24) is 10.3 Å². The lowest BCUT2D eigenvalue weighted by atomic mass is 10.1. The Hall–Kier alpha value is -1.73. The number of carbonyl (C=O) groups excluding carboxylic acids is 2. The van der Waals surface area contributed by atoms with Gasteiger partial charge < -0.3 is 9.47 Å². The van der Waals surface area contributed by atoms with Crippen molar-refractivity contribution in [2.24, 2.45) is 0 Å². The SMILES string of the molecule is CC.CCC(OC(=O)NNS)c1ccc(OC(C)=O)cc1. The Balaban J connectivity index is 0.00000191. The number of ether oxygens (including phenoxy) is 2. The first kappa shape index (κ1) is 19.3. The Kier molecular flexibility index (Phi) is 10.1. The van der Waals surface area contributed by atoms with Crippen LogP contribution in [0.2, 0.25) is 0 Å². The molecule has 0 fully saturated rings. The molecular weight excluding hydrogens is 292 g/mol. The highest BCUT2D eigenvalue weighted by Gasteiger charge is 2.14. The van der Waals surface area contributed by atoms with Gasteiger partial charge in [-0.05, 0) is 24.1 Å². The Bertz CT molecular complexity index is 437.